The number of ether oxygens (including phenoxy) is 1. The monoisotopic (exact) mass is 249 g/mol. The van der Waals surface area contributed by atoms with E-state index >= 15 is 0 Å². The number of carbonyl (C=O) groups excluding carboxylic acids is 1. The van der Waals surface area contributed by atoms with Gasteiger partial charge in [-0.1, -0.05) is 11.6 Å². The number of halogens is 1. The van der Waals surface area contributed by atoms with Crippen molar-refractivity contribution in [2.24, 2.45) is 5.41 Å². The quantitative estimate of drug-likeness (QED) is 0.774. The summed E-state index contributed by atoms with van der Waals surface area (Å²) in [6.07, 6.45) is 1.24. The van der Waals surface area contributed by atoms with Crippen LogP contribution in [0.25, 0.3) is 0 Å². The molecule has 0 spiro atoms. The zero-order chi connectivity index (χ0) is 12.6. The lowest BCUT2D eigenvalue weighted by molar-refractivity contribution is 0.0931. The Morgan fingerprint density at radius 3 is 2.65 bits per heavy atom. The highest BCUT2D eigenvalue weighted by atomic mass is 35.5. The Bertz CT molecular complexity index is 527. The second-order valence-electron chi connectivity index (χ2n) is 4.32. The van der Waals surface area contributed by atoms with E-state index in [2.05, 4.69) is 6.07 Å². The van der Waals surface area contributed by atoms with Crippen LogP contribution in [0.3, 0.4) is 0 Å². The number of carbonyl (C=O) groups is 1. The summed E-state index contributed by atoms with van der Waals surface area (Å²) in [4.78, 5) is 12.2. The molecular weight excluding hydrogens is 238 g/mol. The van der Waals surface area contributed by atoms with E-state index in [0.29, 0.717) is 29.2 Å². The Balaban J connectivity index is 2.49. The van der Waals surface area contributed by atoms with Gasteiger partial charge in [-0.05, 0) is 37.5 Å². The van der Waals surface area contributed by atoms with Gasteiger partial charge in [0.05, 0.1) is 18.7 Å². The maximum atomic E-state index is 12.2. The van der Waals surface area contributed by atoms with E-state index in [1.807, 2.05) is 6.92 Å². The first kappa shape index (κ1) is 11.9. The van der Waals surface area contributed by atoms with Crippen LogP contribution in [-0.2, 0) is 0 Å². The molecule has 2 rings (SSSR count). The van der Waals surface area contributed by atoms with Crippen LogP contribution in [0.1, 0.15) is 28.8 Å². The van der Waals surface area contributed by atoms with Crippen molar-refractivity contribution in [3.8, 4) is 11.8 Å². The molecule has 0 aliphatic heterocycles. The van der Waals surface area contributed by atoms with E-state index in [4.69, 9.17) is 21.6 Å². The SMILES string of the molecule is COc1cc(C)c(Cl)cc1C(=O)C1(C#N)CC1. The Morgan fingerprint density at radius 1 is 1.53 bits per heavy atom. The predicted octanol–water partition coefficient (Wildman–Crippen LogP) is 3.14. The van der Waals surface area contributed by atoms with Crippen molar-refractivity contribution in [3.05, 3.63) is 28.3 Å². The molecule has 0 heterocycles. The molecule has 1 aliphatic rings. The number of benzene rings is 1. The number of methoxy groups -OCH3 is 1. The first-order chi connectivity index (χ1) is 8.04. The van der Waals surface area contributed by atoms with E-state index in [1.54, 1.807) is 12.1 Å². The lowest BCUT2D eigenvalue weighted by Gasteiger charge is -2.12. The molecule has 4 heteroatoms. The molecule has 0 N–H and O–H groups in total. The standard InChI is InChI=1S/C13H12ClNO2/c1-8-5-11(17-2)9(6-10(8)14)12(16)13(7-15)3-4-13/h5-6H,3-4H2,1-2H3. The van der Waals surface area contributed by atoms with Crippen molar-refractivity contribution >= 4 is 17.4 Å². The fraction of sp³-hybridized carbons (Fsp3) is 0.385. The number of Topliss-reactive ketones (excluding diaryl/α,β-unsaturated/α-hetero) is 1. The van der Waals surface area contributed by atoms with E-state index in [-0.39, 0.29) is 5.78 Å². The molecule has 88 valence electrons. The smallest absolute Gasteiger partial charge is 0.186 e. The normalized spacial score (nSPS) is 16.1. The molecule has 3 nitrogen and oxygen atoms in total. The molecule has 0 unspecified atom stereocenters. The van der Waals surface area contributed by atoms with Crippen molar-refractivity contribution < 1.29 is 9.53 Å². The van der Waals surface area contributed by atoms with Crippen LogP contribution < -0.4 is 4.74 Å². The van der Waals surface area contributed by atoms with E-state index in [9.17, 15) is 4.79 Å². The third-order valence-electron chi connectivity index (χ3n) is 3.12. The second-order valence-corrected chi connectivity index (χ2v) is 4.73. The van der Waals surface area contributed by atoms with Gasteiger partial charge < -0.3 is 4.74 Å². The van der Waals surface area contributed by atoms with Crippen molar-refractivity contribution in [1.29, 1.82) is 5.26 Å². The van der Waals surface area contributed by atoms with Crippen LogP contribution in [0.2, 0.25) is 5.02 Å². The van der Waals surface area contributed by atoms with Gasteiger partial charge in [-0.3, -0.25) is 4.79 Å². The highest BCUT2D eigenvalue weighted by molar-refractivity contribution is 6.32. The van der Waals surface area contributed by atoms with E-state index in [0.717, 1.165) is 5.56 Å². The molecule has 1 aromatic carbocycles. The third kappa shape index (κ3) is 1.89. The van der Waals surface area contributed by atoms with Gasteiger partial charge in [-0.25, -0.2) is 0 Å². The molecule has 0 saturated heterocycles. The molecule has 0 radical (unpaired) electrons. The van der Waals surface area contributed by atoms with Crippen LogP contribution in [0.15, 0.2) is 12.1 Å². The zero-order valence-electron chi connectivity index (χ0n) is 9.71. The number of hydrogen-bond donors (Lipinski definition) is 0. The van der Waals surface area contributed by atoms with Gasteiger partial charge in [0.15, 0.2) is 5.78 Å². The van der Waals surface area contributed by atoms with Crippen molar-refractivity contribution in [1.82, 2.24) is 0 Å². The predicted molar refractivity (Wildman–Crippen MR) is 64.4 cm³/mol. The molecule has 0 bridgehead atoms. The van der Waals surface area contributed by atoms with Crippen molar-refractivity contribution in [3.63, 3.8) is 0 Å². The van der Waals surface area contributed by atoms with Crippen LogP contribution in [-0.4, -0.2) is 12.9 Å². The minimum absolute atomic E-state index is 0.182. The minimum Gasteiger partial charge on any atom is -0.496 e. The number of nitriles is 1. The van der Waals surface area contributed by atoms with Gasteiger partial charge in [-0.15, -0.1) is 0 Å². The molecule has 0 aromatic heterocycles. The third-order valence-corrected chi connectivity index (χ3v) is 3.53. The molecule has 0 atom stereocenters. The van der Waals surface area contributed by atoms with E-state index < -0.39 is 5.41 Å². The molecule has 1 saturated carbocycles. The number of nitrogens with zero attached hydrogens (tertiary/aromatic N) is 1. The first-order valence-corrected chi connectivity index (χ1v) is 5.72. The topological polar surface area (TPSA) is 50.1 Å². The molecule has 1 fully saturated rings. The minimum atomic E-state index is -0.841. The summed E-state index contributed by atoms with van der Waals surface area (Å²) in [6.45, 7) is 1.84. The summed E-state index contributed by atoms with van der Waals surface area (Å²) < 4.78 is 5.18. The van der Waals surface area contributed by atoms with E-state index in [1.165, 1.54) is 7.11 Å². The van der Waals surface area contributed by atoms with Crippen LogP contribution in [0, 0.1) is 23.7 Å². The molecular formula is C13H12ClNO2. The highest BCUT2D eigenvalue weighted by Gasteiger charge is 2.51. The van der Waals surface area contributed by atoms with Gasteiger partial charge in [0.2, 0.25) is 0 Å². The highest BCUT2D eigenvalue weighted by Crippen LogP contribution is 2.49. The van der Waals surface area contributed by atoms with Gasteiger partial charge >= 0.3 is 0 Å². The Morgan fingerprint density at radius 2 is 2.18 bits per heavy atom. The molecule has 17 heavy (non-hydrogen) atoms. The summed E-state index contributed by atoms with van der Waals surface area (Å²) in [6, 6.07) is 5.41. The van der Waals surface area contributed by atoms with Gasteiger partial charge in [0.1, 0.15) is 11.2 Å². The van der Waals surface area contributed by atoms with Gasteiger partial charge in [-0.2, -0.15) is 5.26 Å². The summed E-state index contributed by atoms with van der Waals surface area (Å²) in [5, 5.41) is 9.55. The Hall–Kier alpha value is -1.53. The number of rotatable bonds is 3. The van der Waals surface area contributed by atoms with Gasteiger partial charge in [0, 0.05) is 5.02 Å². The lowest BCUT2D eigenvalue weighted by Crippen LogP contribution is -2.15. The average molecular weight is 250 g/mol. The molecule has 1 aliphatic carbocycles. The summed E-state index contributed by atoms with van der Waals surface area (Å²) in [5.74, 6) is 0.303. The van der Waals surface area contributed by atoms with Crippen LogP contribution in [0.5, 0.6) is 5.75 Å². The maximum absolute atomic E-state index is 12.2. The first-order valence-electron chi connectivity index (χ1n) is 5.34. The van der Waals surface area contributed by atoms with Crippen molar-refractivity contribution in [2.45, 2.75) is 19.8 Å². The second kappa shape index (κ2) is 4.05. The summed E-state index contributed by atoms with van der Waals surface area (Å²) in [7, 11) is 1.51. The largest absolute Gasteiger partial charge is 0.496 e. The lowest BCUT2D eigenvalue weighted by atomic mass is 9.95. The number of hydrogen-bond acceptors (Lipinski definition) is 3. The van der Waals surface area contributed by atoms with Crippen LogP contribution >= 0.6 is 11.6 Å². The number of ketones is 1. The number of aryl methyl sites for hydroxylation is 1. The zero-order valence-corrected chi connectivity index (χ0v) is 10.5. The average Bonchev–Trinajstić information content (AvgIpc) is 3.12. The summed E-state index contributed by atoms with van der Waals surface area (Å²) >= 11 is 6.01. The Kier molecular flexibility index (Phi) is 2.84. The van der Waals surface area contributed by atoms with Crippen molar-refractivity contribution in [2.75, 3.05) is 7.11 Å². The van der Waals surface area contributed by atoms with Gasteiger partial charge in [0.25, 0.3) is 0 Å². The fourth-order valence-electron chi connectivity index (χ4n) is 1.77. The molecule has 0 amide bonds. The fourth-order valence-corrected chi connectivity index (χ4v) is 1.94. The Labute approximate surface area is 105 Å². The summed E-state index contributed by atoms with van der Waals surface area (Å²) in [5.41, 5.74) is 0.412. The molecule has 1 aromatic rings. The maximum Gasteiger partial charge on any atom is 0.186 e. The van der Waals surface area contributed by atoms with Crippen LogP contribution in [0.4, 0.5) is 0 Å².